The molecule has 2 saturated carbocycles. The molecule has 2 bridgehead atoms. The van der Waals surface area contributed by atoms with E-state index < -0.39 is 43.4 Å². The van der Waals surface area contributed by atoms with Gasteiger partial charge in [-0.1, -0.05) is 25.9 Å². The number of anilines is 1. The number of rotatable bonds is 6. The molecule has 2 aliphatic carbocycles. The molecule has 1 amide bonds. The van der Waals surface area contributed by atoms with Crippen molar-refractivity contribution in [1.82, 2.24) is 0 Å². The van der Waals surface area contributed by atoms with E-state index in [0.29, 0.717) is 24.2 Å². The molecule has 12 heteroatoms. The molecule has 0 heterocycles. The van der Waals surface area contributed by atoms with E-state index in [4.69, 9.17) is 4.84 Å². The molecule has 0 saturated heterocycles. The number of non-ortho nitro benzene ring substituents is 2. The van der Waals surface area contributed by atoms with Crippen molar-refractivity contribution in [2.75, 3.05) is 5.32 Å². The van der Waals surface area contributed by atoms with Gasteiger partial charge in [-0.25, -0.2) is 4.79 Å². The third-order valence-electron chi connectivity index (χ3n) is 8.07. The highest BCUT2D eigenvalue weighted by atomic mass is 127. The standard InChI is InChI=1S/C24H23IN4O7/c1-22(2)23(3)8-9-24(22,21(31)26-16-6-4-15(25)5-7-16)13-19(23)27-36-20(30)14-10-17(28(32)33)12-18(11-14)29(34)35/h4-7,10-12H,8-9,13H2,1-3H3,(H,26,31)/b27-19+. The first-order valence-corrected chi connectivity index (χ1v) is 12.2. The number of halogens is 1. The van der Waals surface area contributed by atoms with Gasteiger partial charge in [0.2, 0.25) is 5.91 Å². The van der Waals surface area contributed by atoms with Gasteiger partial charge in [-0.05, 0) is 65.1 Å². The van der Waals surface area contributed by atoms with Gasteiger partial charge >= 0.3 is 5.97 Å². The van der Waals surface area contributed by atoms with Crippen molar-refractivity contribution in [3.63, 3.8) is 0 Å². The number of hydrogen-bond acceptors (Lipinski definition) is 8. The van der Waals surface area contributed by atoms with Crippen LogP contribution in [0.15, 0.2) is 47.6 Å². The number of hydrogen-bond donors (Lipinski definition) is 1. The minimum atomic E-state index is -1.06. The summed E-state index contributed by atoms with van der Waals surface area (Å²) >= 11 is 2.19. The number of nitrogens with zero attached hydrogens (tertiary/aromatic N) is 3. The number of nitrogens with one attached hydrogen (secondary N) is 1. The number of nitro groups is 2. The summed E-state index contributed by atoms with van der Waals surface area (Å²) in [6, 6.07) is 10.0. The fourth-order valence-electron chi connectivity index (χ4n) is 5.38. The molecule has 36 heavy (non-hydrogen) atoms. The monoisotopic (exact) mass is 606 g/mol. The zero-order valence-corrected chi connectivity index (χ0v) is 21.9. The van der Waals surface area contributed by atoms with Gasteiger partial charge in [0, 0.05) is 33.2 Å². The third-order valence-corrected chi connectivity index (χ3v) is 8.79. The second kappa shape index (κ2) is 8.91. The van der Waals surface area contributed by atoms with Crippen molar-refractivity contribution < 1.29 is 24.3 Å². The Hall–Kier alpha value is -3.42. The summed E-state index contributed by atoms with van der Waals surface area (Å²) in [5.74, 6) is -1.20. The van der Waals surface area contributed by atoms with E-state index in [1.807, 2.05) is 45.0 Å². The first kappa shape index (κ1) is 25.7. The molecule has 0 spiro atoms. The topological polar surface area (TPSA) is 154 Å². The van der Waals surface area contributed by atoms with E-state index in [9.17, 15) is 29.8 Å². The number of benzene rings is 2. The van der Waals surface area contributed by atoms with Crippen molar-refractivity contribution in [3.8, 4) is 0 Å². The summed E-state index contributed by atoms with van der Waals surface area (Å²) in [7, 11) is 0. The molecule has 0 aromatic heterocycles. The van der Waals surface area contributed by atoms with Crippen LogP contribution in [-0.2, 0) is 9.63 Å². The summed E-state index contributed by atoms with van der Waals surface area (Å²) in [5, 5.41) is 29.4. The zero-order chi connectivity index (χ0) is 26.5. The zero-order valence-electron chi connectivity index (χ0n) is 19.7. The molecular weight excluding hydrogens is 583 g/mol. The third kappa shape index (κ3) is 4.02. The lowest BCUT2D eigenvalue weighted by Gasteiger charge is -2.39. The van der Waals surface area contributed by atoms with Crippen LogP contribution >= 0.6 is 22.6 Å². The van der Waals surface area contributed by atoms with Crippen LogP contribution in [0.4, 0.5) is 17.1 Å². The van der Waals surface area contributed by atoms with Crippen molar-refractivity contribution >= 4 is 57.2 Å². The summed E-state index contributed by atoms with van der Waals surface area (Å²) < 4.78 is 1.05. The maximum Gasteiger partial charge on any atom is 0.366 e. The van der Waals surface area contributed by atoms with Gasteiger partial charge in [0.25, 0.3) is 11.4 Å². The van der Waals surface area contributed by atoms with Crippen LogP contribution in [0, 0.1) is 40.0 Å². The van der Waals surface area contributed by atoms with E-state index in [1.165, 1.54) is 0 Å². The van der Waals surface area contributed by atoms with E-state index in [0.717, 1.165) is 21.8 Å². The first-order chi connectivity index (χ1) is 16.8. The Labute approximate surface area is 219 Å². The normalized spacial score (nSPS) is 24.9. The van der Waals surface area contributed by atoms with Crippen LogP contribution in [0.1, 0.15) is 50.4 Å². The van der Waals surface area contributed by atoms with Crippen LogP contribution in [0.3, 0.4) is 0 Å². The maximum atomic E-state index is 13.5. The smallest absolute Gasteiger partial charge is 0.326 e. The fourth-order valence-corrected chi connectivity index (χ4v) is 5.74. The maximum absolute atomic E-state index is 13.5. The Morgan fingerprint density at radius 1 is 1.00 bits per heavy atom. The van der Waals surface area contributed by atoms with Crippen LogP contribution in [0.25, 0.3) is 0 Å². The number of amides is 1. The lowest BCUT2D eigenvalue weighted by atomic mass is 9.64. The first-order valence-electron chi connectivity index (χ1n) is 11.1. The quantitative estimate of drug-likeness (QED) is 0.198. The molecule has 0 aliphatic heterocycles. The molecule has 2 fully saturated rings. The highest BCUT2D eigenvalue weighted by molar-refractivity contribution is 14.1. The Morgan fingerprint density at radius 3 is 2.14 bits per heavy atom. The SMILES string of the molecule is CC12CCC(C(=O)Nc3ccc(I)cc3)(C/C1=N\OC(=O)c1cc([N+](=O)[O-])cc([N+](=O)[O-])c1)C2(C)C. The predicted molar refractivity (Wildman–Crippen MR) is 139 cm³/mol. The van der Waals surface area contributed by atoms with Crippen LogP contribution < -0.4 is 5.32 Å². The molecule has 4 rings (SSSR count). The minimum absolute atomic E-state index is 0.136. The summed E-state index contributed by atoms with van der Waals surface area (Å²) in [4.78, 5) is 51.9. The number of fused-ring (bicyclic) bond motifs is 2. The van der Waals surface area contributed by atoms with Gasteiger partial charge < -0.3 is 10.2 Å². The summed E-state index contributed by atoms with van der Waals surface area (Å²) in [5.41, 5.74) is -2.19. The summed E-state index contributed by atoms with van der Waals surface area (Å²) in [6.07, 6.45) is 1.56. The molecule has 2 aromatic rings. The van der Waals surface area contributed by atoms with Crippen molar-refractivity contribution in [3.05, 3.63) is 71.8 Å². The number of carbonyl (C=O) groups is 2. The van der Waals surface area contributed by atoms with Crippen molar-refractivity contribution in [2.24, 2.45) is 21.4 Å². The predicted octanol–water partition coefficient (Wildman–Crippen LogP) is 5.48. The molecule has 2 atom stereocenters. The number of nitro benzene ring substituents is 2. The fraction of sp³-hybridized carbons (Fsp3) is 0.375. The van der Waals surface area contributed by atoms with Crippen molar-refractivity contribution in [1.29, 1.82) is 0 Å². The van der Waals surface area contributed by atoms with Gasteiger partial charge in [0.05, 0.1) is 32.6 Å². The van der Waals surface area contributed by atoms with Gasteiger partial charge in [0.15, 0.2) is 0 Å². The van der Waals surface area contributed by atoms with Crippen LogP contribution in [0.2, 0.25) is 0 Å². The molecule has 2 aliphatic rings. The van der Waals surface area contributed by atoms with Gasteiger partial charge in [0.1, 0.15) is 0 Å². The van der Waals surface area contributed by atoms with Gasteiger partial charge in [-0.3, -0.25) is 25.0 Å². The Kier molecular flexibility index (Phi) is 6.35. The highest BCUT2D eigenvalue weighted by Gasteiger charge is 2.71. The average Bonchev–Trinajstić information content (AvgIpc) is 3.14. The second-order valence-electron chi connectivity index (χ2n) is 9.85. The molecule has 188 valence electrons. The molecule has 2 unspecified atom stereocenters. The summed E-state index contributed by atoms with van der Waals surface area (Å²) in [6.45, 7) is 5.98. The lowest BCUT2D eigenvalue weighted by molar-refractivity contribution is -0.394. The second-order valence-corrected chi connectivity index (χ2v) is 11.1. The van der Waals surface area contributed by atoms with Crippen molar-refractivity contribution in [2.45, 2.75) is 40.0 Å². The van der Waals surface area contributed by atoms with Gasteiger partial charge in [-0.15, -0.1) is 0 Å². The molecule has 1 N–H and O–H groups in total. The Balaban J connectivity index is 1.60. The molecule has 2 aromatic carbocycles. The molecule has 11 nitrogen and oxygen atoms in total. The molecular formula is C24H23IN4O7. The largest absolute Gasteiger partial charge is 0.366 e. The number of oxime groups is 1. The van der Waals surface area contributed by atoms with E-state index in [-0.39, 0.29) is 17.9 Å². The minimum Gasteiger partial charge on any atom is -0.326 e. The van der Waals surface area contributed by atoms with E-state index in [2.05, 4.69) is 33.1 Å². The van der Waals surface area contributed by atoms with E-state index >= 15 is 0 Å². The number of carbonyl (C=O) groups excluding carboxylic acids is 2. The van der Waals surface area contributed by atoms with E-state index in [1.54, 1.807) is 0 Å². The van der Waals surface area contributed by atoms with Crippen LogP contribution in [-0.4, -0.2) is 27.4 Å². The Bertz CT molecular complexity index is 1290. The highest BCUT2D eigenvalue weighted by Crippen LogP contribution is 2.71. The Morgan fingerprint density at radius 2 is 1.58 bits per heavy atom. The van der Waals surface area contributed by atoms with Crippen LogP contribution in [0.5, 0.6) is 0 Å². The van der Waals surface area contributed by atoms with Gasteiger partial charge in [-0.2, -0.15) is 0 Å². The average molecular weight is 606 g/mol. The lowest BCUT2D eigenvalue weighted by Crippen LogP contribution is -2.43. The molecule has 0 radical (unpaired) electrons.